The van der Waals surface area contributed by atoms with E-state index in [0.29, 0.717) is 28.9 Å². The molecule has 0 radical (unpaired) electrons. The van der Waals surface area contributed by atoms with E-state index in [-0.39, 0.29) is 24.3 Å². The van der Waals surface area contributed by atoms with E-state index < -0.39 is 0 Å². The molecule has 1 aromatic carbocycles. The van der Waals surface area contributed by atoms with Crippen molar-refractivity contribution in [1.29, 1.82) is 0 Å². The molecular formula is C16H20Cl2N2O3. The third kappa shape index (κ3) is 5.09. The Bertz CT molecular complexity index is 560. The number of anilines is 1. The summed E-state index contributed by atoms with van der Waals surface area (Å²) < 4.78 is 5.06. The lowest BCUT2D eigenvalue weighted by Gasteiger charge is -2.30. The number of carbonyl (C=O) groups excluding carboxylic acids is 2. The Morgan fingerprint density at radius 1 is 1.35 bits per heavy atom. The summed E-state index contributed by atoms with van der Waals surface area (Å²) in [4.78, 5) is 26.0. The van der Waals surface area contributed by atoms with E-state index in [1.54, 1.807) is 25.1 Å². The Morgan fingerprint density at radius 2 is 2.04 bits per heavy atom. The predicted octanol–water partition coefficient (Wildman–Crippen LogP) is 3.21. The molecule has 2 rings (SSSR count). The van der Waals surface area contributed by atoms with Crippen LogP contribution in [0.5, 0.6) is 0 Å². The third-order valence-electron chi connectivity index (χ3n) is 3.72. The smallest absolute Gasteiger partial charge is 0.310 e. The zero-order valence-electron chi connectivity index (χ0n) is 13.0. The number of likely N-dealkylation sites (tertiary alicyclic amines) is 1. The van der Waals surface area contributed by atoms with Gasteiger partial charge in [0.2, 0.25) is 5.91 Å². The molecule has 0 aromatic heterocycles. The molecule has 1 heterocycles. The average Bonchev–Trinajstić information content (AvgIpc) is 2.51. The molecule has 0 aliphatic carbocycles. The van der Waals surface area contributed by atoms with E-state index in [1.165, 1.54) is 0 Å². The van der Waals surface area contributed by atoms with E-state index in [0.717, 1.165) is 19.4 Å². The molecule has 0 spiro atoms. The Hall–Kier alpha value is -1.30. The van der Waals surface area contributed by atoms with Crippen LogP contribution in [0.4, 0.5) is 5.69 Å². The average molecular weight is 359 g/mol. The number of carbonyl (C=O) groups is 2. The number of halogens is 2. The molecule has 5 nitrogen and oxygen atoms in total. The molecule has 1 saturated heterocycles. The second-order valence-corrected chi connectivity index (χ2v) is 6.29. The Labute approximate surface area is 145 Å². The zero-order valence-corrected chi connectivity index (χ0v) is 14.5. The van der Waals surface area contributed by atoms with Crippen molar-refractivity contribution in [3.05, 3.63) is 28.2 Å². The summed E-state index contributed by atoms with van der Waals surface area (Å²) in [5, 5.41) is 3.53. The van der Waals surface area contributed by atoms with Gasteiger partial charge in [0.25, 0.3) is 0 Å². The summed E-state index contributed by atoms with van der Waals surface area (Å²) in [5.74, 6) is -0.559. The number of para-hydroxylation sites is 1. The fourth-order valence-electron chi connectivity index (χ4n) is 2.65. The first kappa shape index (κ1) is 18.0. The normalized spacial score (nSPS) is 18.5. The quantitative estimate of drug-likeness (QED) is 0.821. The number of rotatable bonds is 5. The van der Waals surface area contributed by atoms with Gasteiger partial charge in [-0.1, -0.05) is 29.3 Å². The Morgan fingerprint density at radius 3 is 2.70 bits per heavy atom. The first-order valence-electron chi connectivity index (χ1n) is 7.64. The molecule has 7 heteroatoms. The summed E-state index contributed by atoms with van der Waals surface area (Å²) in [6.45, 7) is 3.67. The van der Waals surface area contributed by atoms with Crippen molar-refractivity contribution in [1.82, 2.24) is 4.90 Å². The van der Waals surface area contributed by atoms with Crippen LogP contribution in [0.2, 0.25) is 10.0 Å². The van der Waals surface area contributed by atoms with E-state index in [1.807, 2.05) is 4.90 Å². The number of nitrogens with one attached hydrogen (secondary N) is 1. The maximum Gasteiger partial charge on any atom is 0.310 e. The van der Waals surface area contributed by atoms with Crippen LogP contribution in [-0.2, 0) is 14.3 Å². The molecule has 0 bridgehead atoms. The van der Waals surface area contributed by atoms with Crippen LogP contribution in [0.15, 0.2) is 18.2 Å². The van der Waals surface area contributed by atoms with Crippen molar-refractivity contribution in [3.63, 3.8) is 0 Å². The van der Waals surface area contributed by atoms with Crippen LogP contribution in [0.1, 0.15) is 19.8 Å². The number of benzene rings is 1. The van der Waals surface area contributed by atoms with Crippen molar-refractivity contribution < 1.29 is 14.3 Å². The fourth-order valence-corrected chi connectivity index (χ4v) is 3.14. The summed E-state index contributed by atoms with van der Waals surface area (Å²) in [5.41, 5.74) is 0.416. The number of hydrogen-bond acceptors (Lipinski definition) is 4. The lowest BCUT2D eigenvalue weighted by Crippen LogP contribution is -2.43. The lowest BCUT2D eigenvalue weighted by molar-refractivity contribution is -0.150. The predicted molar refractivity (Wildman–Crippen MR) is 90.9 cm³/mol. The van der Waals surface area contributed by atoms with Gasteiger partial charge in [-0.15, -0.1) is 0 Å². The van der Waals surface area contributed by atoms with Gasteiger partial charge in [-0.3, -0.25) is 14.5 Å². The van der Waals surface area contributed by atoms with Crippen molar-refractivity contribution in [2.24, 2.45) is 5.92 Å². The van der Waals surface area contributed by atoms with Gasteiger partial charge in [0.15, 0.2) is 0 Å². The minimum Gasteiger partial charge on any atom is -0.466 e. The highest BCUT2D eigenvalue weighted by Crippen LogP contribution is 2.29. The maximum atomic E-state index is 12.2. The topological polar surface area (TPSA) is 58.6 Å². The van der Waals surface area contributed by atoms with Gasteiger partial charge < -0.3 is 10.1 Å². The lowest BCUT2D eigenvalue weighted by atomic mass is 9.98. The van der Waals surface area contributed by atoms with Crippen LogP contribution >= 0.6 is 23.2 Å². The number of hydrogen-bond donors (Lipinski definition) is 1. The third-order valence-corrected chi connectivity index (χ3v) is 4.35. The summed E-state index contributed by atoms with van der Waals surface area (Å²) >= 11 is 12.1. The van der Waals surface area contributed by atoms with E-state index in [4.69, 9.17) is 27.9 Å². The second-order valence-electron chi connectivity index (χ2n) is 5.47. The molecule has 126 valence electrons. The van der Waals surface area contributed by atoms with E-state index in [9.17, 15) is 9.59 Å². The van der Waals surface area contributed by atoms with Gasteiger partial charge in [-0.2, -0.15) is 0 Å². The monoisotopic (exact) mass is 358 g/mol. The highest BCUT2D eigenvalue weighted by Gasteiger charge is 2.27. The molecule has 0 unspecified atom stereocenters. The molecule has 1 atom stereocenters. The van der Waals surface area contributed by atoms with Gasteiger partial charge in [0.1, 0.15) is 0 Å². The summed E-state index contributed by atoms with van der Waals surface area (Å²) in [6, 6.07) is 5.05. The summed E-state index contributed by atoms with van der Waals surface area (Å²) in [7, 11) is 0. The zero-order chi connectivity index (χ0) is 16.8. The molecule has 1 fully saturated rings. The standard InChI is InChI=1S/C16H20Cl2N2O3/c1-2-23-16(22)11-5-4-8-20(9-11)10-14(21)19-15-12(17)6-3-7-13(15)18/h3,6-7,11H,2,4-5,8-10H2,1H3,(H,19,21)/t11-/m0/s1. The molecular weight excluding hydrogens is 339 g/mol. The molecule has 0 saturated carbocycles. The van der Waals surface area contributed by atoms with Crippen LogP contribution in [-0.4, -0.2) is 43.0 Å². The molecule has 1 aliphatic heterocycles. The van der Waals surface area contributed by atoms with Crippen LogP contribution in [0.3, 0.4) is 0 Å². The number of esters is 1. The van der Waals surface area contributed by atoms with Crippen LogP contribution < -0.4 is 5.32 Å². The highest BCUT2D eigenvalue weighted by atomic mass is 35.5. The fraction of sp³-hybridized carbons (Fsp3) is 0.500. The van der Waals surface area contributed by atoms with Gasteiger partial charge in [0.05, 0.1) is 34.8 Å². The second kappa shape index (κ2) is 8.52. The van der Waals surface area contributed by atoms with Crippen molar-refractivity contribution in [2.45, 2.75) is 19.8 Å². The van der Waals surface area contributed by atoms with E-state index in [2.05, 4.69) is 5.32 Å². The number of ether oxygens (including phenoxy) is 1. The first-order chi connectivity index (χ1) is 11.0. The summed E-state index contributed by atoms with van der Waals surface area (Å²) in [6.07, 6.45) is 1.66. The Kier molecular flexibility index (Phi) is 6.69. The minimum atomic E-state index is -0.204. The minimum absolute atomic E-state index is 0.166. The SMILES string of the molecule is CCOC(=O)[C@H]1CCCN(CC(=O)Nc2c(Cl)cccc2Cl)C1. The van der Waals surface area contributed by atoms with Crippen LogP contribution in [0.25, 0.3) is 0 Å². The van der Waals surface area contributed by atoms with Gasteiger partial charge in [-0.05, 0) is 38.4 Å². The number of amides is 1. The number of nitrogens with zero attached hydrogens (tertiary/aromatic N) is 1. The van der Waals surface area contributed by atoms with Crippen molar-refractivity contribution in [2.75, 3.05) is 31.6 Å². The van der Waals surface area contributed by atoms with Crippen molar-refractivity contribution >= 4 is 40.8 Å². The van der Waals surface area contributed by atoms with Gasteiger partial charge in [0, 0.05) is 6.54 Å². The highest BCUT2D eigenvalue weighted by molar-refractivity contribution is 6.39. The van der Waals surface area contributed by atoms with Crippen molar-refractivity contribution in [3.8, 4) is 0 Å². The molecule has 1 N–H and O–H groups in total. The largest absolute Gasteiger partial charge is 0.466 e. The van der Waals surface area contributed by atoms with Gasteiger partial charge >= 0.3 is 5.97 Å². The molecule has 23 heavy (non-hydrogen) atoms. The molecule has 1 aliphatic rings. The first-order valence-corrected chi connectivity index (χ1v) is 8.39. The van der Waals surface area contributed by atoms with Crippen LogP contribution in [0, 0.1) is 5.92 Å². The molecule has 1 aromatic rings. The Balaban J connectivity index is 1.91. The van der Waals surface area contributed by atoms with E-state index >= 15 is 0 Å². The number of piperidine rings is 1. The maximum absolute atomic E-state index is 12.2. The molecule has 1 amide bonds. The van der Waals surface area contributed by atoms with Gasteiger partial charge in [-0.25, -0.2) is 0 Å².